The summed E-state index contributed by atoms with van der Waals surface area (Å²) in [4.78, 5) is 18.4. The van der Waals surface area contributed by atoms with E-state index in [1.165, 1.54) is 0 Å². The van der Waals surface area contributed by atoms with Crippen LogP contribution in [0, 0.1) is 0 Å². The Balaban J connectivity index is 1.85. The number of nitrogens with zero attached hydrogens (tertiary/aromatic N) is 1. The van der Waals surface area contributed by atoms with Crippen LogP contribution in [0.5, 0.6) is 0 Å². The minimum absolute atomic E-state index is 0.0611. The number of nitrogens with one attached hydrogen (secondary N) is 1. The largest absolute Gasteiger partial charge is 0.345 e. The number of hydrogen-bond donors (Lipinski definition) is 1. The van der Waals surface area contributed by atoms with Gasteiger partial charge in [-0.1, -0.05) is 85.8 Å². The van der Waals surface area contributed by atoms with Crippen LogP contribution >= 0.6 is 0 Å². The van der Waals surface area contributed by atoms with Crippen LogP contribution in [0.2, 0.25) is 0 Å². The Bertz CT molecular complexity index is 1140. The van der Waals surface area contributed by atoms with Gasteiger partial charge in [-0.3, -0.25) is 4.79 Å². The molecule has 3 nitrogen and oxygen atoms in total. The third-order valence-corrected chi connectivity index (χ3v) is 5.27. The smallest absolute Gasteiger partial charge is 0.252 e. The zero-order valence-corrected chi connectivity index (χ0v) is 16.7. The highest BCUT2D eigenvalue weighted by Gasteiger charge is 2.21. The standard InChI is InChI=1S/C26H24N2O/c1-3-21-24(26(29)27-18(2)19-12-6-4-7-13-19)22-16-10-11-17-23(22)28-25(21)20-14-8-5-9-15-20/h4-18H,3H2,1-2H3,(H,27,29)/t18-/m0/s1. The van der Waals surface area contributed by atoms with Crippen LogP contribution < -0.4 is 5.32 Å². The van der Waals surface area contributed by atoms with E-state index < -0.39 is 0 Å². The summed E-state index contributed by atoms with van der Waals surface area (Å²) in [7, 11) is 0. The van der Waals surface area contributed by atoms with E-state index in [-0.39, 0.29) is 11.9 Å². The molecule has 4 rings (SSSR count). The van der Waals surface area contributed by atoms with Gasteiger partial charge in [0.15, 0.2) is 0 Å². The number of hydrogen-bond acceptors (Lipinski definition) is 2. The average molecular weight is 380 g/mol. The van der Waals surface area contributed by atoms with Gasteiger partial charge in [-0.25, -0.2) is 4.98 Å². The fourth-order valence-corrected chi connectivity index (χ4v) is 3.78. The van der Waals surface area contributed by atoms with Crippen molar-refractivity contribution in [1.29, 1.82) is 0 Å². The van der Waals surface area contributed by atoms with Crippen LogP contribution in [0.15, 0.2) is 84.9 Å². The van der Waals surface area contributed by atoms with Gasteiger partial charge >= 0.3 is 0 Å². The monoisotopic (exact) mass is 380 g/mol. The Kier molecular flexibility index (Phi) is 5.39. The van der Waals surface area contributed by atoms with E-state index in [1.807, 2.05) is 91.9 Å². The van der Waals surface area contributed by atoms with Crippen molar-refractivity contribution in [2.75, 3.05) is 0 Å². The lowest BCUT2D eigenvalue weighted by Gasteiger charge is -2.19. The molecule has 1 amide bonds. The summed E-state index contributed by atoms with van der Waals surface area (Å²) < 4.78 is 0. The molecule has 1 N–H and O–H groups in total. The normalized spacial score (nSPS) is 11.9. The molecule has 29 heavy (non-hydrogen) atoms. The Morgan fingerprint density at radius 3 is 2.21 bits per heavy atom. The molecule has 0 fully saturated rings. The molecule has 0 aliphatic heterocycles. The van der Waals surface area contributed by atoms with Gasteiger partial charge in [0.05, 0.1) is 22.8 Å². The van der Waals surface area contributed by atoms with E-state index in [1.54, 1.807) is 0 Å². The number of benzene rings is 3. The van der Waals surface area contributed by atoms with Crippen LogP contribution in [0.3, 0.4) is 0 Å². The molecule has 1 heterocycles. The van der Waals surface area contributed by atoms with Crippen molar-refractivity contribution < 1.29 is 4.79 Å². The van der Waals surface area contributed by atoms with E-state index in [4.69, 9.17) is 4.98 Å². The van der Waals surface area contributed by atoms with Crippen LogP contribution in [-0.2, 0) is 6.42 Å². The molecule has 0 aliphatic carbocycles. The zero-order valence-electron chi connectivity index (χ0n) is 16.7. The molecule has 0 spiro atoms. The lowest BCUT2D eigenvalue weighted by atomic mass is 9.94. The van der Waals surface area contributed by atoms with Gasteiger partial charge in [0.25, 0.3) is 5.91 Å². The van der Waals surface area contributed by atoms with E-state index in [2.05, 4.69) is 12.2 Å². The maximum atomic E-state index is 13.5. The lowest BCUT2D eigenvalue weighted by molar-refractivity contribution is 0.0940. The topological polar surface area (TPSA) is 42.0 Å². The van der Waals surface area contributed by atoms with Crippen LogP contribution in [-0.4, -0.2) is 10.9 Å². The molecular formula is C26H24N2O. The second kappa shape index (κ2) is 8.27. The number of carbonyl (C=O) groups is 1. The highest BCUT2D eigenvalue weighted by Crippen LogP contribution is 2.31. The minimum atomic E-state index is -0.0829. The molecular weight excluding hydrogens is 356 g/mol. The van der Waals surface area contributed by atoms with E-state index in [0.717, 1.165) is 45.3 Å². The first-order valence-corrected chi connectivity index (χ1v) is 10.0. The van der Waals surface area contributed by atoms with Gasteiger partial charge in [0.1, 0.15) is 0 Å². The predicted octanol–water partition coefficient (Wildman–Crippen LogP) is 5.96. The predicted molar refractivity (Wildman–Crippen MR) is 119 cm³/mol. The fourth-order valence-electron chi connectivity index (χ4n) is 3.78. The Morgan fingerprint density at radius 2 is 1.52 bits per heavy atom. The molecule has 1 aromatic heterocycles. The third-order valence-electron chi connectivity index (χ3n) is 5.27. The summed E-state index contributed by atoms with van der Waals surface area (Å²) in [5.41, 5.74) is 5.53. The van der Waals surface area contributed by atoms with Gasteiger partial charge in [-0.15, -0.1) is 0 Å². The summed E-state index contributed by atoms with van der Waals surface area (Å²) >= 11 is 0. The fraction of sp³-hybridized carbons (Fsp3) is 0.154. The number of para-hydroxylation sites is 1. The second-order valence-electron chi connectivity index (χ2n) is 7.16. The maximum Gasteiger partial charge on any atom is 0.252 e. The highest BCUT2D eigenvalue weighted by atomic mass is 16.1. The first-order chi connectivity index (χ1) is 14.2. The Morgan fingerprint density at radius 1 is 0.897 bits per heavy atom. The molecule has 0 unspecified atom stereocenters. The average Bonchev–Trinajstić information content (AvgIpc) is 2.78. The maximum absolute atomic E-state index is 13.5. The summed E-state index contributed by atoms with van der Waals surface area (Å²) in [6, 6.07) is 27.9. The minimum Gasteiger partial charge on any atom is -0.345 e. The first-order valence-electron chi connectivity index (χ1n) is 10.0. The first kappa shape index (κ1) is 18.9. The van der Waals surface area contributed by atoms with Crippen molar-refractivity contribution in [3.8, 4) is 11.3 Å². The molecule has 1 atom stereocenters. The van der Waals surface area contributed by atoms with Crippen LogP contribution in [0.25, 0.3) is 22.2 Å². The number of rotatable bonds is 5. The van der Waals surface area contributed by atoms with Crippen molar-refractivity contribution in [3.63, 3.8) is 0 Å². The lowest BCUT2D eigenvalue weighted by Crippen LogP contribution is -2.28. The number of pyridine rings is 1. The van der Waals surface area contributed by atoms with Gasteiger partial charge in [0, 0.05) is 10.9 Å². The Hall–Kier alpha value is -3.46. The molecule has 0 aliphatic rings. The molecule has 3 aromatic carbocycles. The third kappa shape index (κ3) is 3.77. The van der Waals surface area contributed by atoms with Crippen LogP contribution in [0.4, 0.5) is 0 Å². The van der Waals surface area contributed by atoms with Crippen molar-refractivity contribution in [2.24, 2.45) is 0 Å². The Labute approximate surface area is 171 Å². The molecule has 3 heteroatoms. The molecule has 0 saturated heterocycles. The molecule has 0 radical (unpaired) electrons. The molecule has 0 bridgehead atoms. The van der Waals surface area contributed by atoms with Crippen molar-refractivity contribution in [3.05, 3.63) is 102 Å². The van der Waals surface area contributed by atoms with Crippen molar-refractivity contribution in [1.82, 2.24) is 10.3 Å². The SMILES string of the molecule is CCc1c(-c2ccccc2)nc2ccccc2c1C(=O)N[C@@H](C)c1ccccc1. The summed E-state index contributed by atoms with van der Waals surface area (Å²) in [5.74, 6) is -0.0611. The van der Waals surface area contributed by atoms with Gasteiger partial charge in [-0.2, -0.15) is 0 Å². The van der Waals surface area contributed by atoms with Gasteiger partial charge < -0.3 is 5.32 Å². The van der Waals surface area contributed by atoms with Crippen LogP contribution in [0.1, 0.15) is 41.4 Å². The zero-order chi connectivity index (χ0) is 20.2. The number of aromatic nitrogens is 1. The van der Waals surface area contributed by atoms with E-state index >= 15 is 0 Å². The number of fused-ring (bicyclic) bond motifs is 1. The van der Waals surface area contributed by atoms with Crippen molar-refractivity contribution in [2.45, 2.75) is 26.3 Å². The van der Waals surface area contributed by atoms with Crippen molar-refractivity contribution >= 4 is 16.8 Å². The molecule has 4 aromatic rings. The van der Waals surface area contributed by atoms with E-state index in [9.17, 15) is 4.79 Å². The number of carbonyl (C=O) groups excluding carboxylic acids is 1. The summed E-state index contributed by atoms with van der Waals surface area (Å²) in [6.45, 7) is 4.09. The second-order valence-corrected chi connectivity index (χ2v) is 7.16. The van der Waals surface area contributed by atoms with Gasteiger partial charge in [-0.05, 0) is 30.5 Å². The highest BCUT2D eigenvalue weighted by molar-refractivity contribution is 6.09. The molecule has 144 valence electrons. The van der Waals surface area contributed by atoms with Gasteiger partial charge in [0.2, 0.25) is 0 Å². The number of amides is 1. The van der Waals surface area contributed by atoms with E-state index in [0.29, 0.717) is 0 Å². The summed E-state index contributed by atoms with van der Waals surface area (Å²) in [6.07, 6.45) is 0.727. The quantitative estimate of drug-likeness (QED) is 0.464. The summed E-state index contributed by atoms with van der Waals surface area (Å²) in [5, 5.41) is 4.08. The molecule has 0 saturated carbocycles.